The topological polar surface area (TPSA) is 66.5 Å². The monoisotopic (exact) mass is 382 g/mol. The lowest BCUT2D eigenvalue weighted by molar-refractivity contribution is -0.114. The van der Waals surface area contributed by atoms with Crippen molar-refractivity contribution in [1.29, 1.82) is 0 Å². The first kappa shape index (κ1) is 16.5. The fourth-order valence-electron chi connectivity index (χ4n) is 1.91. The van der Waals surface area contributed by atoms with Crippen LogP contribution in [-0.4, -0.2) is 21.4 Å². The van der Waals surface area contributed by atoms with Crippen LogP contribution in [0.4, 0.5) is 11.4 Å². The molecule has 0 heterocycles. The van der Waals surface area contributed by atoms with E-state index in [2.05, 4.69) is 21.2 Å². The fraction of sp³-hybridized carbons (Fsp3) is 0.133. The minimum atomic E-state index is -3.67. The highest BCUT2D eigenvalue weighted by atomic mass is 79.9. The van der Waals surface area contributed by atoms with E-state index in [0.29, 0.717) is 15.8 Å². The number of benzene rings is 2. The van der Waals surface area contributed by atoms with Gasteiger partial charge in [0.05, 0.1) is 10.6 Å². The largest absolute Gasteiger partial charge is 0.326 e. The summed E-state index contributed by atoms with van der Waals surface area (Å²) in [5, 5.41) is 2.60. The van der Waals surface area contributed by atoms with Crippen LogP contribution < -0.4 is 9.62 Å². The van der Waals surface area contributed by atoms with Gasteiger partial charge in [0.15, 0.2) is 0 Å². The zero-order valence-electron chi connectivity index (χ0n) is 12.1. The lowest BCUT2D eigenvalue weighted by Crippen LogP contribution is -2.26. The number of carbonyl (C=O) groups excluding carboxylic acids is 1. The van der Waals surface area contributed by atoms with Gasteiger partial charge >= 0.3 is 0 Å². The van der Waals surface area contributed by atoms with Gasteiger partial charge in [-0.2, -0.15) is 0 Å². The van der Waals surface area contributed by atoms with Gasteiger partial charge in [0.2, 0.25) is 5.91 Å². The maximum absolute atomic E-state index is 12.6. The molecule has 2 aromatic carbocycles. The van der Waals surface area contributed by atoms with Gasteiger partial charge in [-0.1, -0.05) is 12.1 Å². The lowest BCUT2D eigenvalue weighted by Gasteiger charge is -2.20. The smallest absolute Gasteiger partial charge is 0.264 e. The van der Waals surface area contributed by atoms with Gasteiger partial charge in [-0.25, -0.2) is 8.42 Å². The van der Waals surface area contributed by atoms with Gasteiger partial charge in [-0.3, -0.25) is 9.10 Å². The SMILES string of the molecule is CC(=O)Nc1ccc(S(=O)(=O)N(C)c2ccccc2Br)cc1. The zero-order chi connectivity index (χ0) is 16.3. The molecule has 7 heteroatoms. The van der Waals surface area contributed by atoms with Crippen molar-refractivity contribution in [3.05, 3.63) is 53.0 Å². The number of nitrogens with one attached hydrogen (secondary N) is 1. The van der Waals surface area contributed by atoms with Crippen molar-refractivity contribution in [3.63, 3.8) is 0 Å². The molecule has 1 amide bonds. The third-order valence-corrected chi connectivity index (χ3v) is 5.48. The molecule has 0 saturated carbocycles. The summed E-state index contributed by atoms with van der Waals surface area (Å²) in [5.41, 5.74) is 1.10. The highest BCUT2D eigenvalue weighted by Crippen LogP contribution is 2.29. The fourth-order valence-corrected chi connectivity index (χ4v) is 3.79. The first-order valence-electron chi connectivity index (χ1n) is 6.43. The van der Waals surface area contributed by atoms with Crippen LogP contribution in [0.3, 0.4) is 0 Å². The van der Waals surface area contributed by atoms with Crippen molar-refractivity contribution < 1.29 is 13.2 Å². The number of rotatable bonds is 4. The van der Waals surface area contributed by atoms with E-state index in [-0.39, 0.29) is 10.8 Å². The van der Waals surface area contributed by atoms with E-state index in [0.717, 1.165) is 0 Å². The molecule has 2 aromatic rings. The number of sulfonamides is 1. The molecule has 0 bridgehead atoms. The number of hydrogen-bond acceptors (Lipinski definition) is 3. The van der Waals surface area contributed by atoms with Crippen LogP contribution in [0, 0.1) is 0 Å². The Kier molecular flexibility index (Phi) is 4.87. The molecule has 0 aliphatic heterocycles. The van der Waals surface area contributed by atoms with Crippen molar-refractivity contribution in [2.24, 2.45) is 0 Å². The van der Waals surface area contributed by atoms with Gasteiger partial charge in [0.1, 0.15) is 0 Å². The number of hydrogen-bond donors (Lipinski definition) is 1. The van der Waals surface area contributed by atoms with Gasteiger partial charge in [-0.15, -0.1) is 0 Å². The van der Waals surface area contributed by atoms with Crippen LogP contribution in [0.5, 0.6) is 0 Å². The second kappa shape index (κ2) is 6.50. The Hall–Kier alpha value is -1.86. The second-order valence-electron chi connectivity index (χ2n) is 4.63. The lowest BCUT2D eigenvalue weighted by atomic mass is 10.3. The van der Waals surface area contributed by atoms with Crippen molar-refractivity contribution in [2.75, 3.05) is 16.7 Å². The average Bonchev–Trinajstić information content (AvgIpc) is 2.47. The van der Waals surface area contributed by atoms with E-state index in [4.69, 9.17) is 0 Å². The molecule has 0 spiro atoms. The molecular weight excluding hydrogens is 368 g/mol. The normalized spacial score (nSPS) is 11.0. The van der Waals surface area contributed by atoms with Gasteiger partial charge in [0, 0.05) is 24.1 Å². The molecule has 5 nitrogen and oxygen atoms in total. The Balaban J connectivity index is 2.34. The van der Waals surface area contributed by atoms with Crippen molar-refractivity contribution >= 4 is 43.2 Å². The standard InChI is InChI=1S/C15H15BrN2O3S/c1-11(19)17-12-7-9-13(10-8-12)22(20,21)18(2)15-6-4-3-5-14(15)16/h3-10H,1-2H3,(H,17,19). The summed E-state index contributed by atoms with van der Waals surface area (Å²) >= 11 is 3.35. The minimum Gasteiger partial charge on any atom is -0.326 e. The maximum Gasteiger partial charge on any atom is 0.264 e. The van der Waals surface area contributed by atoms with Crippen LogP contribution in [0.15, 0.2) is 57.9 Å². The van der Waals surface area contributed by atoms with Crippen molar-refractivity contribution in [1.82, 2.24) is 0 Å². The Bertz CT molecular complexity index is 789. The summed E-state index contributed by atoms with van der Waals surface area (Å²) in [6.45, 7) is 1.39. The molecular formula is C15H15BrN2O3S. The molecule has 1 N–H and O–H groups in total. The van der Waals surface area contributed by atoms with Gasteiger partial charge < -0.3 is 5.32 Å². The van der Waals surface area contributed by atoms with E-state index in [1.165, 1.54) is 30.4 Å². The molecule has 0 unspecified atom stereocenters. The summed E-state index contributed by atoms with van der Waals surface area (Å²) < 4.78 is 27.2. The predicted molar refractivity (Wildman–Crippen MR) is 90.5 cm³/mol. The van der Waals surface area contributed by atoms with Crippen molar-refractivity contribution in [2.45, 2.75) is 11.8 Å². The highest BCUT2D eigenvalue weighted by molar-refractivity contribution is 9.10. The maximum atomic E-state index is 12.6. The minimum absolute atomic E-state index is 0.153. The van der Waals surface area contributed by atoms with Crippen LogP contribution >= 0.6 is 15.9 Å². The van der Waals surface area contributed by atoms with E-state index < -0.39 is 10.0 Å². The molecule has 22 heavy (non-hydrogen) atoms. The number of amides is 1. The zero-order valence-corrected chi connectivity index (χ0v) is 14.5. The summed E-state index contributed by atoms with van der Waals surface area (Å²) in [7, 11) is -2.17. The Labute approximate surface area is 138 Å². The van der Waals surface area contributed by atoms with E-state index in [1.807, 2.05) is 6.07 Å². The number of para-hydroxylation sites is 1. The molecule has 2 rings (SSSR count). The summed E-state index contributed by atoms with van der Waals surface area (Å²) in [6.07, 6.45) is 0. The van der Waals surface area contributed by atoms with Crippen LogP contribution in [-0.2, 0) is 14.8 Å². The number of nitrogens with zero attached hydrogens (tertiary/aromatic N) is 1. The summed E-state index contributed by atoms with van der Waals surface area (Å²) in [6, 6.07) is 13.1. The Morgan fingerprint density at radius 2 is 1.68 bits per heavy atom. The van der Waals surface area contributed by atoms with Crippen LogP contribution in [0.25, 0.3) is 0 Å². The Morgan fingerprint density at radius 3 is 2.23 bits per heavy atom. The van der Waals surface area contributed by atoms with Crippen LogP contribution in [0.2, 0.25) is 0 Å². The third kappa shape index (κ3) is 3.48. The van der Waals surface area contributed by atoms with E-state index in [9.17, 15) is 13.2 Å². The molecule has 0 saturated heterocycles. The predicted octanol–water partition coefficient (Wildman–Crippen LogP) is 3.23. The molecule has 0 aliphatic rings. The Morgan fingerprint density at radius 1 is 1.09 bits per heavy atom. The molecule has 0 aromatic heterocycles. The van der Waals surface area contributed by atoms with Crippen LogP contribution in [0.1, 0.15) is 6.92 Å². The summed E-state index contributed by atoms with van der Waals surface area (Å²) in [5.74, 6) is -0.207. The second-order valence-corrected chi connectivity index (χ2v) is 7.45. The van der Waals surface area contributed by atoms with Gasteiger partial charge in [-0.05, 0) is 52.3 Å². The third-order valence-electron chi connectivity index (χ3n) is 3.02. The average molecular weight is 383 g/mol. The number of anilines is 2. The molecule has 0 fully saturated rings. The molecule has 0 radical (unpaired) electrons. The highest BCUT2D eigenvalue weighted by Gasteiger charge is 2.22. The van der Waals surface area contributed by atoms with Crippen molar-refractivity contribution in [3.8, 4) is 0 Å². The number of halogens is 1. The van der Waals surface area contributed by atoms with E-state index >= 15 is 0 Å². The van der Waals surface area contributed by atoms with E-state index in [1.54, 1.807) is 30.3 Å². The molecule has 0 aliphatic carbocycles. The molecule has 116 valence electrons. The molecule has 0 atom stereocenters. The first-order chi connectivity index (χ1) is 10.3. The van der Waals surface area contributed by atoms with Gasteiger partial charge in [0.25, 0.3) is 10.0 Å². The first-order valence-corrected chi connectivity index (χ1v) is 8.67. The summed E-state index contributed by atoms with van der Waals surface area (Å²) in [4.78, 5) is 11.1. The quantitative estimate of drug-likeness (QED) is 0.882. The number of carbonyl (C=O) groups is 1.